The molecular formula is C26H21F5O2. The largest absolute Gasteiger partial charge is 0.423 e. The molecule has 0 aromatic heterocycles. The van der Waals surface area contributed by atoms with Gasteiger partial charge in [0.1, 0.15) is 22.9 Å². The Morgan fingerprint density at radius 1 is 0.879 bits per heavy atom. The Morgan fingerprint density at radius 3 is 2.18 bits per heavy atom. The van der Waals surface area contributed by atoms with Crippen molar-refractivity contribution in [3.05, 3.63) is 88.8 Å². The van der Waals surface area contributed by atoms with Crippen LogP contribution < -0.4 is 4.74 Å². The minimum absolute atomic E-state index is 0.00579. The molecule has 0 N–H and O–H groups in total. The summed E-state index contributed by atoms with van der Waals surface area (Å²) in [7, 11) is 0. The van der Waals surface area contributed by atoms with Gasteiger partial charge in [0.15, 0.2) is 17.5 Å². The smallest absolute Gasteiger partial charge is 0.349 e. The van der Waals surface area contributed by atoms with E-state index in [-0.39, 0.29) is 22.4 Å². The first-order valence-corrected chi connectivity index (χ1v) is 10.7. The molecule has 4 rings (SSSR count). The second-order valence-electron chi connectivity index (χ2n) is 8.26. The number of esters is 1. The number of carbonyl (C=O) groups excluding carboxylic acids is 1. The van der Waals surface area contributed by atoms with Crippen LogP contribution in [0.2, 0.25) is 0 Å². The molecule has 0 unspecified atom stereocenters. The van der Waals surface area contributed by atoms with Crippen molar-refractivity contribution in [2.75, 3.05) is 0 Å². The Labute approximate surface area is 187 Å². The van der Waals surface area contributed by atoms with Gasteiger partial charge in [-0.05, 0) is 91.8 Å². The molecule has 1 fully saturated rings. The molecule has 1 aliphatic rings. The fourth-order valence-corrected chi connectivity index (χ4v) is 4.45. The summed E-state index contributed by atoms with van der Waals surface area (Å²) >= 11 is 0. The van der Waals surface area contributed by atoms with E-state index in [1.54, 1.807) is 0 Å². The zero-order chi connectivity index (χ0) is 23.7. The maximum absolute atomic E-state index is 14.7. The van der Waals surface area contributed by atoms with Crippen molar-refractivity contribution >= 4 is 16.7 Å². The van der Waals surface area contributed by atoms with Gasteiger partial charge in [-0.25, -0.2) is 26.7 Å². The summed E-state index contributed by atoms with van der Waals surface area (Å²) < 4.78 is 75.2. The molecule has 0 spiro atoms. The number of benzene rings is 3. The maximum atomic E-state index is 14.7. The van der Waals surface area contributed by atoms with Gasteiger partial charge in [0.05, 0.1) is 0 Å². The number of ether oxygens (including phenoxy) is 1. The fraction of sp³-hybridized carbons (Fsp3) is 0.269. The second-order valence-corrected chi connectivity index (χ2v) is 8.26. The molecule has 0 radical (unpaired) electrons. The van der Waals surface area contributed by atoms with Crippen LogP contribution in [-0.2, 0) is 0 Å². The Kier molecular flexibility index (Phi) is 6.49. The van der Waals surface area contributed by atoms with E-state index in [9.17, 15) is 26.7 Å². The lowest BCUT2D eigenvalue weighted by atomic mass is 9.78. The van der Waals surface area contributed by atoms with Gasteiger partial charge in [0, 0.05) is 5.39 Å². The molecule has 0 atom stereocenters. The molecule has 0 aliphatic heterocycles. The summed E-state index contributed by atoms with van der Waals surface area (Å²) in [5.74, 6) is -7.48. The molecule has 0 amide bonds. The summed E-state index contributed by atoms with van der Waals surface area (Å²) in [6.45, 7) is 1.96. The third kappa shape index (κ3) is 4.63. The third-order valence-corrected chi connectivity index (χ3v) is 6.13. The summed E-state index contributed by atoms with van der Waals surface area (Å²) in [6, 6.07) is 6.38. The van der Waals surface area contributed by atoms with E-state index >= 15 is 0 Å². The first-order valence-electron chi connectivity index (χ1n) is 10.7. The van der Waals surface area contributed by atoms with Gasteiger partial charge in [-0.15, -0.1) is 0 Å². The van der Waals surface area contributed by atoms with Crippen molar-refractivity contribution in [3.63, 3.8) is 0 Å². The molecule has 172 valence electrons. The molecule has 2 nitrogen and oxygen atoms in total. The van der Waals surface area contributed by atoms with Crippen molar-refractivity contribution in [2.24, 2.45) is 5.92 Å². The first kappa shape index (κ1) is 23.0. The van der Waals surface area contributed by atoms with E-state index in [4.69, 9.17) is 4.74 Å². The Hall–Kier alpha value is -3.22. The number of hydrogen-bond donors (Lipinski definition) is 0. The van der Waals surface area contributed by atoms with Crippen LogP contribution in [0.15, 0.2) is 48.6 Å². The van der Waals surface area contributed by atoms with Crippen LogP contribution in [0.1, 0.15) is 54.4 Å². The normalized spacial score (nSPS) is 18.7. The Morgan fingerprint density at radius 2 is 1.55 bits per heavy atom. The highest BCUT2D eigenvalue weighted by Crippen LogP contribution is 2.37. The zero-order valence-electron chi connectivity index (χ0n) is 17.8. The molecule has 1 aliphatic carbocycles. The van der Waals surface area contributed by atoms with Gasteiger partial charge in [-0.2, -0.15) is 0 Å². The van der Waals surface area contributed by atoms with E-state index < -0.39 is 40.6 Å². The Bertz CT molecular complexity index is 1220. The summed E-state index contributed by atoms with van der Waals surface area (Å²) in [5, 5.41) is -0.291. The van der Waals surface area contributed by atoms with Crippen molar-refractivity contribution in [3.8, 4) is 5.75 Å². The van der Waals surface area contributed by atoms with Crippen LogP contribution in [0.5, 0.6) is 5.75 Å². The van der Waals surface area contributed by atoms with E-state index in [1.807, 2.05) is 13.0 Å². The van der Waals surface area contributed by atoms with Crippen LogP contribution in [0.4, 0.5) is 22.0 Å². The highest BCUT2D eigenvalue weighted by atomic mass is 19.2. The average molecular weight is 460 g/mol. The van der Waals surface area contributed by atoms with Crippen LogP contribution in [-0.4, -0.2) is 5.97 Å². The highest BCUT2D eigenvalue weighted by molar-refractivity contribution is 5.93. The lowest BCUT2D eigenvalue weighted by Gasteiger charge is -2.27. The molecule has 33 heavy (non-hydrogen) atoms. The van der Waals surface area contributed by atoms with E-state index in [1.165, 1.54) is 0 Å². The third-order valence-electron chi connectivity index (χ3n) is 6.13. The summed E-state index contributed by atoms with van der Waals surface area (Å²) in [5.41, 5.74) is -0.350. The SMILES string of the molecule is C/C=C/C1CCC(c2cc(F)c(C(=O)Oc3ccc4c(F)c(F)c(F)cc4c3)c(F)c2)CC1. The number of hydrogen-bond acceptors (Lipinski definition) is 2. The molecule has 1 saturated carbocycles. The molecular weight excluding hydrogens is 439 g/mol. The van der Waals surface area contributed by atoms with Gasteiger partial charge in [-0.1, -0.05) is 12.2 Å². The van der Waals surface area contributed by atoms with Crippen molar-refractivity contribution in [2.45, 2.75) is 38.5 Å². The van der Waals surface area contributed by atoms with E-state index in [0.29, 0.717) is 11.5 Å². The minimum Gasteiger partial charge on any atom is -0.423 e. The molecule has 3 aromatic carbocycles. The van der Waals surface area contributed by atoms with Gasteiger partial charge < -0.3 is 4.74 Å². The Balaban J connectivity index is 1.55. The number of halogens is 5. The zero-order valence-corrected chi connectivity index (χ0v) is 17.8. The number of rotatable bonds is 4. The second kappa shape index (κ2) is 9.33. The highest BCUT2D eigenvalue weighted by Gasteiger charge is 2.26. The van der Waals surface area contributed by atoms with Gasteiger partial charge >= 0.3 is 5.97 Å². The van der Waals surface area contributed by atoms with Crippen molar-refractivity contribution in [1.29, 1.82) is 0 Å². The van der Waals surface area contributed by atoms with Crippen molar-refractivity contribution in [1.82, 2.24) is 0 Å². The van der Waals surface area contributed by atoms with Crippen LogP contribution in [0.3, 0.4) is 0 Å². The number of fused-ring (bicyclic) bond motifs is 1. The topological polar surface area (TPSA) is 26.3 Å². The van der Waals surface area contributed by atoms with Gasteiger partial charge in [-0.3, -0.25) is 0 Å². The summed E-state index contributed by atoms with van der Waals surface area (Å²) in [4.78, 5) is 12.5. The first-order chi connectivity index (χ1) is 15.8. The molecule has 3 aromatic rings. The van der Waals surface area contributed by atoms with E-state index in [2.05, 4.69) is 6.08 Å². The number of allylic oxidation sites excluding steroid dienone is 2. The summed E-state index contributed by atoms with van der Waals surface area (Å²) in [6.07, 6.45) is 7.59. The quantitative estimate of drug-likeness (QED) is 0.132. The predicted octanol–water partition coefficient (Wildman–Crippen LogP) is 7.60. The van der Waals surface area contributed by atoms with Crippen LogP contribution >= 0.6 is 0 Å². The molecule has 0 saturated heterocycles. The maximum Gasteiger partial charge on any atom is 0.349 e. The fourth-order valence-electron chi connectivity index (χ4n) is 4.45. The molecule has 0 heterocycles. The molecule has 0 bridgehead atoms. The van der Waals surface area contributed by atoms with Crippen LogP contribution in [0, 0.1) is 35.0 Å². The van der Waals surface area contributed by atoms with Gasteiger partial charge in [0.2, 0.25) is 0 Å². The standard InChI is InChI=1S/C26H21F5O2/c1-2-3-14-4-6-15(7-5-14)16-11-20(27)23(21(28)12-16)26(32)33-18-8-9-19-17(10-18)13-22(29)25(31)24(19)30/h2-3,8-15H,4-7H2,1H3/b3-2+. The molecule has 7 heteroatoms. The van der Waals surface area contributed by atoms with Gasteiger partial charge in [0.25, 0.3) is 0 Å². The minimum atomic E-state index is -1.62. The van der Waals surface area contributed by atoms with E-state index in [0.717, 1.165) is 62.1 Å². The van der Waals surface area contributed by atoms with Crippen molar-refractivity contribution < 1.29 is 31.5 Å². The monoisotopic (exact) mass is 460 g/mol. The average Bonchev–Trinajstić information content (AvgIpc) is 2.77. The lowest BCUT2D eigenvalue weighted by molar-refractivity contribution is 0.0724. The lowest BCUT2D eigenvalue weighted by Crippen LogP contribution is -2.16. The number of carbonyl (C=O) groups is 1. The predicted molar refractivity (Wildman–Crippen MR) is 115 cm³/mol. The van der Waals surface area contributed by atoms with Crippen LogP contribution in [0.25, 0.3) is 10.8 Å².